The topological polar surface area (TPSA) is 25.8 Å². The number of benzene rings is 5. The second kappa shape index (κ2) is 13.9. The first-order valence-electron chi connectivity index (χ1n) is 14.6. The molecule has 0 aliphatic rings. The fourth-order valence-corrected chi connectivity index (χ4v) is 6.62. The normalized spacial score (nSPS) is 10.6. The van der Waals surface area contributed by atoms with Gasteiger partial charge in [0.2, 0.25) is 0 Å². The summed E-state index contributed by atoms with van der Waals surface area (Å²) in [5, 5.41) is 2.67. The number of aryl methyl sites for hydroxylation is 1. The number of aromatic nitrogens is 2. The van der Waals surface area contributed by atoms with Gasteiger partial charge in [-0.3, -0.25) is 0 Å². The number of hydrogen-bond donors (Lipinski definition) is 0. The van der Waals surface area contributed by atoms with Crippen LogP contribution >= 0.6 is 11.3 Å². The molecule has 0 fully saturated rings. The number of fused-ring (bicyclic) bond motifs is 3. The van der Waals surface area contributed by atoms with E-state index in [0.29, 0.717) is 0 Å². The van der Waals surface area contributed by atoms with Gasteiger partial charge in [-0.1, -0.05) is 84.9 Å². The van der Waals surface area contributed by atoms with Crippen LogP contribution in [-0.4, -0.2) is 9.97 Å². The van der Waals surface area contributed by atoms with Crippen LogP contribution in [0.4, 0.5) is 0 Å². The van der Waals surface area contributed by atoms with Crippen molar-refractivity contribution in [3.8, 4) is 44.8 Å². The molecule has 0 atom stereocenters. The van der Waals surface area contributed by atoms with E-state index in [9.17, 15) is 0 Å². The molecular weight excluding hydrogens is 745 g/mol. The van der Waals surface area contributed by atoms with Gasteiger partial charge in [-0.05, 0) is 53.2 Å². The van der Waals surface area contributed by atoms with Gasteiger partial charge in [0.1, 0.15) is 0 Å². The van der Waals surface area contributed by atoms with Crippen LogP contribution in [0, 0.1) is 19.1 Å². The molecule has 0 N–H and O–H groups in total. The third-order valence-electron chi connectivity index (χ3n) is 7.55. The molecule has 1 radical (unpaired) electrons. The summed E-state index contributed by atoms with van der Waals surface area (Å²) in [6.07, 6.45) is 1.79. The zero-order valence-corrected chi connectivity index (χ0v) is 27.8. The Morgan fingerprint density at radius 3 is 2.09 bits per heavy atom. The van der Waals surface area contributed by atoms with E-state index in [4.69, 9.17) is 0 Å². The first-order chi connectivity index (χ1) is 21.7. The Bertz CT molecular complexity index is 2130. The van der Waals surface area contributed by atoms with Crippen LogP contribution in [0.5, 0.6) is 0 Å². The van der Waals surface area contributed by atoms with E-state index in [1.165, 1.54) is 42.4 Å². The van der Waals surface area contributed by atoms with Crippen molar-refractivity contribution in [2.45, 2.75) is 6.92 Å². The van der Waals surface area contributed by atoms with E-state index in [2.05, 4.69) is 101 Å². The van der Waals surface area contributed by atoms with Crippen LogP contribution in [0.15, 0.2) is 152 Å². The van der Waals surface area contributed by atoms with Crippen LogP contribution < -0.4 is 0 Å². The number of thiophene rings is 1. The molecule has 0 aliphatic carbocycles. The van der Waals surface area contributed by atoms with Crippen molar-refractivity contribution in [3.63, 3.8) is 0 Å². The van der Waals surface area contributed by atoms with Crippen molar-refractivity contribution in [3.05, 3.63) is 170 Å². The summed E-state index contributed by atoms with van der Waals surface area (Å²) in [5.41, 5.74) is 9.91. The van der Waals surface area contributed by atoms with Gasteiger partial charge in [0.25, 0.3) is 0 Å². The van der Waals surface area contributed by atoms with Gasteiger partial charge in [0, 0.05) is 52.2 Å². The van der Waals surface area contributed by atoms with E-state index in [-0.39, 0.29) is 20.1 Å². The van der Waals surface area contributed by atoms with Crippen LogP contribution in [0.3, 0.4) is 0 Å². The molecule has 0 saturated carbocycles. The molecule has 8 aromatic rings. The molecule has 3 aromatic heterocycles. The zero-order valence-electron chi connectivity index (χ0n) is 24.6. The predicted octanol–water partition coefficient (Wildman–Crippen LogP) is 11.1. The molecule has 0 amide bonds. The van der Waals surface area contributed by atoms with Crippen molar-refractivity contribution >= 4 is 31.5 Å². The van der Waals surface area contributed by atoms with Crippen LogP contribution in [0.2, 0.25) is 0 Å². The average molecular weight is 773 g/mol. The van der Waals surface area contributed by atoms with Gasteiger partial charge in [-0.2, -0.15) is 0 Å². The third kappa shape index (κ3) is 6.69. The summed E-state index contributed by atoms with van der Waals surface area (Å²) in [7, 11) is 0. The summed E-state index contributed by atoms with van der Waals surface area (Å²) in [6, 6.07) is 56.7. The van der Waals surface area contributed by atoms with Gasteiger partial charge < -0.3 is 9.97 Å². The number of pyridine rings is 2. The SMILES string of the molecule is Cc1cccc(-c2[c-]ccc(-c3ccc(-c4cccc5c4sc4ccccc45)cc3)c2)n1.[Ir].[c-]1ccccc1-c1ccccn1. The van der Waals surface area contributed by atoms with E-state index >= 15 is 0 Å². The van der Waals surface area contributed by atoms with Crippen molar-refractivity contribution in [1.82, 2.24) is 9.97 Å². The minimum absolute atomic E-state index is 0. The Kier molecular flexibility index (Phi) is 9.38. The van der Waals surface area contributed by atoms with Crippen molar-refractivity contribution < 1.29 is 20.1 Å². The van der Waals surface area contributed by atoms with E-state index in [1.54, 1.807) is 6.20 Å². The van der Waals surface area contributed by atoms with Crippen molar-refractivity contribution in [2.75, 3.05) is 0 Å². The fraction of sp³-hybridized carbons (Fsp3) is 0.0244. The number of hydrogen-bond acceptors (Lipinski definition) is 3. The first-order valence-corrected chi connectivity index (χ1v) is 15.4. The fourth-order valence-electron chi connectivity index (χ4n) is 5.38. The predicted molar refractivity (Wildman–Crippen MR) is 186 cm³/mol. The van der Waals surface area contributed by atoms with Crippen LogP contribution in [-0.2, 0) is 20.1 Å². The molecule has 0 unspecified atom stereocenters. The molecule has 4 heteroatoms. The average Bonchev–Trinajstić information content (AvgIpc) is 3.49. The molecule has 2 nitrogen and oxygen atoms in total. The van der Waals surface area contributed by atoms with E-state index in [1.807, 2.05) is 85.0 Å². The maximum atomic E-state index is 4.65. The summed E-state index contributed by atoms with van der Waals surface area (Å²) >= 11 is 1.87. The summed E-state index contributed by atoms with van der Waals surface area (Å²) in [5.74, 6) is 0. The van der Waals surface area contributed by atoms with Gasteiger partial charge in [-0.15, -0.1) is 82.6 Å². The van der Waals surface area contributed by atoms with Gasteiger partial charge >= 0.3 is 0 Å². The molecule has 0 bridgehead atoms. The monoisotopic (exact) mass is 773 g/mol. The second-order valence-corrected chi connectivity index (χ2v) is 11.6. The Balaban J connectivity index is 0.000000231. The zero-order chi connectivity index (χ0) is 29.7. The molecule has 3 heterocycles. The minimum Gasteiger partial charge on any atom is -0.305 e. The maximum Gasteiger partial charge on any atom is 0.0433 e. The molecule has 45 heavy (non-hydrogen) atoms. The van der Waals surface area contributed by atoms with Crippen LogP contribution in [0.25, 0.3) is 64.9 Å². The van der Waals surface area contributed by atoms with E-state index < -0.39 is 0 Å². The van der Waals surface area contributed by atoms with Gasteiger partial charge in [-0.25, -0.2) is 0 Å². The Morgan fingerprint density at radius 2 is 1.29 bits per heavy atom. The quantitative estimate of drug-likeness (QED) is 0.167. The number of rotatable bonds is 4. The summed E-state index contributed by atoms with van der Waals surface area (Å²) in [4.78, 5) is 8.87. The molecule has 219 valence electrons. The molecule has 0 spiro atoms. The minimum atomic E-state index is 0. The first kappa shape index (κ1) is 30.3. The summed E-state index contributed by atoms with van der Waals surface area (Å²) in [6.45, 7) is 2.02. The largest absolute Gasteiger partial charge is 0.305 e. The standard InChI is InChI=1S/C30H20NS.C11H8N.Ir/c1-20-7-4-13-28(31-20)24-9-5-8-23(19-24)21-15-17-22(18-16-21)25-11-6-12-27-26-10-2-3-14-29(26)32-30(25)27;1-2-6-10(7-3-1)11-8-4-5-9-12-11;/h2-8,10-19H,1H3;1-6,8-9H;/q2*-1;. The van der Waals surface area contributed by atoms with Gasteiger partial charge in [0.15, 0.2) is 0 Å². The van der Waals surface area contributed by atoms with Gasteiger partial charge in [0.05, 0.1) is 0 Å². The Morgan fingerprint density at radius 1 is 0.556 bits per heavy atom. The molecule has 8 rings (SSSR count). The molecule has 0 saturated heterocycles. The number of nitrogens with zero attached hydrogens (tertiary/aromatic N) is 2. The Hall–Kier alpha value is -4.73. The Labute approximate surface area is 281 Å². The smallest absolute Gasteiger partial charge is 0.0433 e. The molecular formula is C41H28IrN2S-2. The maximum absolute atomic E-state index is 4.65. The molecule has 0 aliphatic heterocycles. The summed E-state index contributed by atoms with van der Waals surface area (Å²) < 4.78 is 2.69. The van der Waals surface area contributed by atoms with Crippen LogP contribution in [0.1, 0.15) is 5.69 Å². The second-order valence-electron chi connectivity index (χ2n) is 10.5. The van der Waals surface area contributed by atoms with Crippen molar-refractivity contribution in [2.24, 2.45) is 0 Å². The molecule has 5 aromatic carbocycles. The van der Waals surface area contributed by atoms with Crippen molar-refractivity contribution in [1.29, 1.82) is 0 Å². The van der Waals surface area contributed by atoms with E-state index in [0.717, 1.165) is 28.2 Å². The third-order valence-corrected chi connectivity index (χ3v) is 8.77.